The van der Waals surface area contributed by atoms with Gasteiger partial charge in [0.15, 0.2) is 0 Å². The third-order valence-electron chi connectivity index (χ3n) is 3.66. The number of benzene rings is 1. The summed E-state index contributed by atoms with van der Waals surface area (Å²) >= 11 is 0. The molecule has 1 aliphatic heterocycles. The highest BCUT2D eigenvalue weighted by molar-refractivity contribution is 5.74. The Hall–Kier alpha value is -1.76. The number of hydrogen-bond acceptors (Lipinski definition) is 2. The van der Waals surface area contributed by atoms with Crippen molar-refractivity contribution < 1.29 is 18.0 Å². The molecule has 4 nitrogen and oxygen atoms in total. The number of carbonyl (C=O) groups is 1. The Morgan fingerprint density at radius 1 is 1.36 bits per heavy atom. The number of nitrogens with one attached hydrogen (secondary N) is 2. The number of alkyl halides is 3. The Kier molecular flexibility index (Phi) is 5.28. The summed E-state index contributed by atoms with van der Waals surface area (Å²) in [5.74, 6) is 0. The molecule has 1 fully saturated rings. The Labute approximate surface area is 127 Å². The predicted octanol–water partition coefficient (Wildman–Crippen LogP) is 2.68. The fraction of sp³-hybridized carbons (Fsp3) is 0.533. The van der Waals surface area contributed by atoms with Crippen molar-refractivity contribution in [1.29, 1.82) is 0 Å². The molecule has 22 heavy (non-hydrogen) atoms. The highest BCUT2D eigenvalue weighted by atomic mass is 19.4. The summed E-state index contributed by atoms with van der Waals surface area (Å²) < 4.78 is 36.9. The zero-order chi connectivity index (χ0) is 16.2. The number of hydrogen-bond donors (Lipinski definition) is 2. The van der Waals surface area contributed by atoms with Gasteiger partial charge in [-0.25, -0.2) is 4.79 Å². The SMILES string of the molecule is C[C@H](NC(=O)N[C@@H]1CCN(CC(F)(F)F)C1)c1ccccc1. The quantitative estimate of drug-likeness (QED) is 0.897. The molecule has 7 heteroatoms. The highest BCUT2D eigenvalue weighted by Gasteiger charge is 2.34. The molecular formula is C15H20F3N3O. The number of carbonyl (C=O) groups excluding carboxylic acids is 1. The van der Waals surface area contributed by atoms with Crippen LogP contribution in [0.2, 0.25) is 0 Å². The van der Waals surface area contributed by atoms with Crippen molar-refractivity contribution in [2.45, 2.75) is 31.6 Å². The highest BCUT2D eigenvalue weighted by Crippen LogP contribution is 2.20. The second kappa shape index (κ2) is 7.00. The van der Waals surface area contributed by atoms with Crippen LogP contribution in [0.3, 0.4) is 0 Å². The molecule has 0 bridgehead atoms. The zero-order valence-corrected chi connectivity index (χ0v) is 12.4. The minimum absolute atomic E-state index is 0.158. The number of amides is 2. The lowest BCUT2D eigenvalue weighted by Gasteiger charge is -2.19. The lowest BCUT2D eigenvalue weighted by molar-refractivity contribution is -0.143. The van der Waals surface area contributed by atoms with E-state index in [9.17, 15) is 18.0 Å². The second-order valence-electron chi connectivity index (χ2n) is 5.59. The molecule has 1 aliphatic rings. The van der Waals surface area contributed by atoms with Crippen molar-refractivity contribution in [2.24, 2.45) is 0 Å². The van der Waals surface area contributed by atoms with Crippen LogP contribution in [-0.2, 0) is 0 Å². The maximum Gasteiger partial charge on any atom is 0.401 e. The molecule has 1 saturated heterocycles. The van der Waals surface area contributed by atoms with Crippen LogP contribution in [0.4, 0.5) is 18.0 Å². The van der Waals surface area contributed by atoms with E-state index in [2.05, 4.69) is 10.6 Å². The maximum absolute atomic E-state index is 12.3. The Bertz CT molecular complexity index is 493. The van der Waals surface area contributed by atoms with Gasteiger partial charge < -0.3 is 10.6 Å². The van der Waals surface area contributed by atoms with Crippen LogP contribution >= 0.6 is 0 Å². The Balaban J connectivity index is 1.76. The molecule has 122 valence electrons. The normalized spacial score (nSPS) is 20.6. The molecule has 2 N–H and O–H groups in total. The lowest BCUT2D eigenvalue weighted by Crippen LogP contribution is -2.44. The van der Waals surface area contributed by atoms with Gasteiger partial charge >= 0.3 is 12.2 Å². The van der Waals surface area contributed by atoms with Gasteiger partial charge in [-0.3, -0.25) is 4.90 Å². The summed E-state index contributed by atoms with van der Waals surface area (Å²) in [4.78, 5) is 13.2. The molecule has 2 amide bonds. The van der Waals surface area contributed by atoms with E-state index in [1.165, 1.54) is 4.90 Å². The molecule has 0 spiro atoms. The van der Waals surface area contributed by atoms with Crippen molar-refractivity contribution in [3.05, 3.63) is 35.9 Å². The van der Waals surface area contributed by atoms with Crippen molar-refractivity contribution in [3.8, 4) is 0 Å². The molecule has 0 aromatic heterocycles. The summed E-state index contributed by atoms with van der Waals surface area (Å²) in [5, 5.41) is 5.53. The summed E-state index contributed by atoms with van der Waals surface area (Å²) in [7, 11) is 0. The summed E-state index contributed by atoms with van der Waals surface area (Å²) in [6.45, 7) is 1.51. The van der Waals surface area contributed by atoms with Gasteiger partial charge in [0.1, 0.15) is 0 Å². The smallest absolute Gasteiger partial charge is 0.334 e. The van der Waals surface area contributed by atoms with Crippen molar-refractivity contribution in [3.63, 3.8) is 0 Å². The summed E-state index contributed by atoms with van der Waals surface area (Å²) in [5.41, 5.74) is 0.975. The van der Waals surface area contributed by atoms with E-state index in [0.29, 0.717) is 13.0 Å². The van der Waals surface area contributed by atoms with E-state index >= 15 is 0 Å². The summed E-state index contributed by atoms with van der Waals surface area (Å²) in [6, 6.07) is 8.73. The zero-order valence-electron chi connectivity index (χ0n) is 12.4. The number of rotatable bonds is 4. The van der Waals surface area contributed by atoms with Crippen LogP contribution < -0.4 is 10.6 Å². The van der Waals surface area contributed by atoms with Crippen LogP contribution in [-0.4, -0.2) is 42.8 Å². The molecule has 2 atom stereocenters. The molecule has 1 heterocycles. The maximum atomic E-state index is 12.3. The van der Waals surface area contributed by atoms with Crippen molar-refractivity contribution in [1.82, 2.24) is 15.5 Å². The molecule has 0 aliphatic carbocycles. The fourth-order valence-electron chi connectivity index (χ4n) is 2.60. The first-order chi connectivity index (χ1) is 10.3. The first-order valence-electron chi connectivity index (χ1n) is 7.24. The van der Waals surface area contributed by atoms with E-state index in [1.54, 1.807) is 0 Å². The molecular weight excluding hydrogens is 295 g/mol. The first-order valence-corrected chi connectivity index (χ1v) is 7.24. The van der Waals surface area contributed by atoms with E-state index in [4.69, 9.17) is 0 Å². The first kappa shape index (κ1) is 16.6. The monoisotopic (exact) mass is 315 g/mol. The molecule has 2 rings (SSSR count). The van der Waals surface area contributed by atoms with Gasteiger partial charge in [-0.2, -0.15) is 13.2 Å². The van der Waals surface area contributed by atoms with E-state index in [0.717, 1.165) is 5.56 Å². The third-order valence-corrected chi connectivity index (χ3v) is 3.66. The average molecular weight is 315 g/mol. The van der Waals surface area contributed by atoms with Gasteiger partial charge in [0.2, 0.25) is 0 Å². The number of nitrogens with zero attached hydrogens (tertiary/aromatic N) is 1. The minimum Gasteiger partial charge on any atom is -0.334 e. The van der Waals surface area contributed by atoms with Crippen molar-refractivity contribution in [2.75, 3.05) is 19.6 Å². The number of likely N-dealkylation sites (tertiary alicyclic amines) is 1. The van der Waals surface area contributed by atoms with Gasteiger partial charge in [-0.1, -0.05) is 30.3 Å². The topological polar surface area (TPSA) is 44.4 Å². The van der Waals surface area contributed by atoms with E-state index < -0.39 is 12.7 Å². The van der Waals surface area contributed by atoms with Gasteiger partial charge in [-0.15, -0.1) is 0 Å². The van der Waals surface area contributed by atoms with Crippen LogP contribution in [0.15, 0.2) is 30.3 Å². The third kappa shape index (κ3) is 5.22. The van der Waals surface area contributed by atoms with Gasteiger partial charge in [0.05, 0.1) is 12.6 Å². The number of urea groups is 1. The average Bonchev–Trinajstić information content (AvgIpc) is 2.84. The van der Waals surface area contributed by atoms with Gasteiger partial charge in [-0.05, 0) is 18.9 Å². The molecule has 1 aromatic rings. The van der Waals surface area contributed by atoms with Crippen LogP contribution in [0.1, 0.15) is 24.9 Å². The lowest BCUT2D eigenvalue weighted by atomic mass is 10.1. The Morgan fingerprint density at radius 2 is 2.05 bits per heavy atom. The standard InChI is InChI=1S/C15H20F3N3O/c1-11(12-5-3-2-4-6-12)19-14(22)20-13-7-8-21(9-13)10-15(16,17)18/h2-6,11,13H,7-10H2,1H3,(H2,19,20,22)/t11-,13+/m0/s1. The minimum atomic E-state index is -4.20. The van der Waals surface area contributed by atoms with E-state index in [-0.39, 0.29) is 24.7 Å². The molecule has 1 aromatic carbocycles. The van der Waals surface area contributed by atoms with Crippen LogP contribution in [0, 0.1) is 0 Å². The largest absolute Gasteiger partial charge is 0.401 e. The summed E-state index contributed by atoms with van der Waals surface area (Å²) in [6.07, 6.45) is -3.66. The van der Waals surface area contributed by atoms with Crippen LogP contribution in [0.5, 0.6) is 0 Å². The second-order valence-corrected chi connectivity index (χ2v) is 5.59. The molecule has 0 radical (unpaired) electrons. The van der Waals surface area contributed by atoms with Crippen LogP contribution in [0.25, 0.3) is 0 Å². The van der Waals surface area contributed by atoms with Crippen molar-refractivity contribution >= 4 is 6.03 Å². The fourth-order valence-corrected chi connectivity index (χ4v) is 2.60. The van der Waals surface area contributed by atoms with E-state index in [1.807, 2.05) is 37.3 Å². The van der Waals surface area contributed by atoms with Gasteiger partial charge in [0.25, 0.3) is 0 Å². The predicted molar refractivity (Wildman–Crippen MR) is 77.4 cm³/mol. The molecule has 0 saturated carbocycles. The molecule has 0 unspecified atom stereocenters. The van der Waals surface area contributed by atoms with Gasteiger partial charge in [0, 0.05) is 19.1 Å². The Morgan fingerprint density at radius 3 is 2.68 bits per heavy atom. The number of halogens is 3.